The summed E-state index contributed by atoms with van der Waals surface area (Å²) in [6, 6.07) is 11.5. The second-order valence-electron chi connectivity index (χ2n) is 4.62. The fourth-order valence-corrected chi connectivity index (χ4v) is 4.63. The number of benzene rings is 2. The quantitative estimate of drug-likeness (QED) is 0.644. The van der Waals surface area contributed by atoms with Gasteiger partial charge in [-0.15, -0.1) is 11.8 Å². The van der Waals surface area contributed by atoms with Gasteiger partial charge in [0.05, 0.1) is 6.04 Å². The first-order valence-corrected chi connectivity index (χ1v) is 8.85. The lowest BCUT2D eigenvalue weighted by molar-refractivity contribution is 0.585. The SMILES string of the molecule is Fc1cccc2c1SCCC2Nc1ccc(Br)cc1Br. The molecule has 1 N–H and O–H groups in total. The van der Waals surface area contributed by atoms with Crippen LogP contribution in [0.3, 0.4) is 0 Å². The van der Waals surface area contributed by atoms with Crippen LogP contribution in [0.1, 0.15) is 18.0 Å². The lowest BCUT2D eigenvalue weighted by Gasteiger charge is -2.27. The molecule has 2 aromatic carbocycles. The highest BCUT2D eigenvalue weighted by Gasteiger charge is 2.23. The van der Waals surface area contributed by atoms with Crippen molar-refractivity contribution >= 4 is 49.3 Å². The van der Waals surface area contributed by atoms with E-state index in [1.54, 1.807) is 17.8 Å². The van der Waals surface area contributed by atoms with Crippen molar-refractivity contribution in [2.24, 2.45) is 0 Å². The molecule has 0 radical (unpaired) electrons. The number of halogens is 3. The van der Waals surface area contributed by atoms with Crippen LogP contribution in [0.25, 0.3) is 0 Å². The van der Waals surface area contributed by atoms with E-state index in [1.807, 2.05) is 24.3 Å². The lowest BCUT2D eigenvalue weighted by Crippen LogP contribution is -2.17. The number of thioether (sulfide) groups is 1. The van der Waals surface area contributed by atoms with Gasteiger partial charge in [0, 0.05) is 25.3 Å². The predicted octanol–water partition coefficient (Wildman–Crippen LogP) is 6.00. The number of anilines is 1. The molecule has 104 valence electrons. The van der Waals surface area contributed by atoms with Crippen molar-refractivity contribution in [2.75, 3.05) is 11.1 Å². The van der Waals surface area contributed by atoms with E-state index < -0.39 is 0 Å². The zero-order chi connectivity index (χ0) is 14.1. The van der Waals surface area contributed by atoms with Crippen molar-refractivity contribution in [2.45, 2.75) is 17.4 Å². The molecule has 1 heterocycles. The number of fused-ring (bicyclic) bond motifs is 1. The second kappa shape index (κ2) is 6.08. The second-order valence-corrected chi connectivity index (χ2v) is 7.49. The van der Waals surface area contributed by atoms with Gasteiger partial charge in [-0.1, -0.05) is 28.1 Å². The summed E-state index contributed by atoms with van der Waals surface area (Å²) in [7, 11) is 0. The van der Waals surface area contributed by atoms with Crippen molar-refractivity contribution in [3.8, 4) is 0 Å². The van der Waals surface area contributed by atoms with Crippen LogP contribution >= 0.6 is 43.6 Å². The molecule has 0 fully saturated rings. The van der Waals surface area contributed by atoms with Crippen LogP contribution in [0.2, 0.25) is 0 Å². The van der Waals surface area contributed by atoms with Gasteiger partial charge in [-0.25, -0.2) is 4.39 Å². The monoisotopic (exact) mass is 415 g/mol. The number of nitrogens with one attached hydrogen (secondary N) is 1. The van der Waals surface area contributed by atoms with Crippen molar-refractivity contribution in [1.29, 1.82) is 0 Å². The van der Waals surface area contributed by atoms with Crippen molar-refractivity contribution < 1.29 is 4.39 Å². The summed E-state index contributed by atoms with van der Waals surface area (Å²) >= 11 is 8.60. The average Bonchev–Trinajstić information content (AvgIpc) is 2.43. The molecule has 0 saturated carbocycles. The molecular weight excluding hydrogens is 405 g/mol. The minimum atomic E-state index is -0.117. The van der Waals surface area contributed by atoms with Crippen LogP contribution in [0.15, 0.2) is 50.2 Å². The first-order valence-electron chi connectivity index (χ1n) is 6.28. The van der Waals surface area contributed by atoms with Gasteiger partial charge in [0.1, 0.15) is 5.82 Å². The van der Waals surface area contributed by atoms with Gasteiger partial charge in [-0.3, -0.25) is 0 Å². The van der Waals surface area contributed by atoms with E-state index in [2.05, 4.69) is 37.2 Å². The van der Waals surface area contributed by atoms with E-state index in [0.29, 0.717) is 0 Å². The van der Waals surface area contributed by atoms with E-state index in [-0.39, 0.29) is 11.9 Å². The molecule has 0 aliphatic carbocycles. The molecule has 2 aromatic rings. The van der Waals surface area contributed by atoms with Crippen LogP contribution in [0.5, 0.6) is 0 Å². The molecule has 0 spiro atoms. The third-order valence-electron chi connectivity index (χ3n) is 3.29. The molecule has 0 amide bonds. The van der Waals surface area contributed by atoms with Crippen LogP contribution < -0.4 is 5.32 Å². The molecule has 0 bridgehead atoms. The Morgan fingerprint density at radius 2 is 2.05 bits per heavy atom. The maximum Gasteiger partial charge on any atom is 0.137 e. The number of hydrogen-bond acceptors (Lipinski definition) is 2. The zero-order valence-corrected chi connectivity index (χ0v) is 14.5. The third kappa shape index (κ3) is 2.90. The van der Waals surface area contributed by atoms with Gasteiger partial charge in [-0.2, -0.15) is 0 Å². The fourth-order valence-electron chi connectivity index (χ4n) is 2.33. The Balaban J connectivity index is 1.91. The Morgan fingerprint density at radius 3 is 2.85 bits per heavy atom. The molecule has 1 nitrogen and oxygen atoms in total. The molecule has 1 unspecified atom stereocenters. The molecule has 5 heteroatoms. The maximum atomic E-state index is 13.9. The first-order chi connectivity index (χ1) is 9.65. The minimum Gasteiger partial charge on any atom is -0.377 e. The smallest absolute Gasteiger partial charge is 0.137 e. The van der Waals surface area contributed by atoms with E-state index in [4.69, 9.17) is 0 Å². The van der Waals surface area contributed by atoms with Gasteiger partial charge in [0.2, 0.25) is 0 Å². The summed E-state index contributed by atoms with van der Waals surface area (Å²) in [4.78, 5) is 0.782. The topological polar surface area (TPSA) is 12.0 Å². The Kier molecular flexibility index (Phi) is 4.38. The summed E-state index contributed by atoms with van der Waals surface area (Å²) in [6.45, 7) is 0. The lowest BCUT2D eigenvalue weighted by atomic mass is 10.0. The first kappa shape index (κ1) is 14.4. The largest absolute Gasteiger partial charge is 0.377 e. The van der Waals surface area contributed by atoms with Gasteiger partial charge in [0.25, 0.3) is 0 Å². The van der Waals surface area contributed by atoms with Crippen molar-refractivity contribution in [3.05, 3.63) is 56.7 Å². The van der Waals surface area contributed by atoms with Crippen LogP contribution in [-0.4, -0.2) is 5.75 Å². The van der Waals surface area contributed by atoms with Crippen LogP contribution in [0.4, 0.5) is 10.1 Å². The van der Waals surface area contributed by atoms with Gasteiger partial charge < -0.3 is 5.32 Å². The standard InChI is InChI=1S/C15H12Br2FNS/c16-9-4-5-14(11(17)8-9)19-13-6-7-20-15-10(13)2-1-3-12(15)18/h1-5,8,13,19H,6-7H2. The highest BCUT2D eigenvalue weighted by molar-refractivity contribution is 9.11. The molecule has 3 rings (SSSR count). The van der Waals surface area contributed by atoms with E-state index in [0.717, 1.165) is 37.3 Å². The fraction of sp³-hybridized carbons (Fsp3) is 0.200. The van der Waals surface area contributed by atoms with E-state index >= 15 is 0 Å². The highest BCUT2D eigenvalue weighted by Crippen LogP contribution is 2.40. The molecule has 0 aromatic heterocycles. The number of rotatable bonds is 2. The van der Waals surface area contributed by atoms with E-state index in [9.17, 15) is 4.39 Å². The molecule has 1 aliphatic rings. The minimum absolute atomic E-state index is 0.117. The predicted molar refractivity (Wildman–Crippen MR) is 89.9 cm³/mol. The highest BCUT2D eigenvalue weighted by atomic mass is 79.9. The number of hydrogen-bond donors (Lipinski definition) is 1. The molecular formula is C15H12Br2FNS. The Labute approximate surface area is 138 Å². The average molecular weight is 417 g/mol. The summed E-state index contributed by atoms with van der Waals surface area (Å²) in [5, 5.41) is 3.51. The normalized spacial score (nSPS) is 17.6. The third-order valence-corrected chi connectivity index (χ3v) is 5.60. The van der Waals surface area contributed by atoms with Gasteiger partial charge in [-0.05, 0) is 52.2 Å². The zero-order valence-electron chi connectivity index (χ0n) is 10.5. The molecule has 1 aliphatic heterocycles. The summed E-state index contributed by atoms with van der Waals surface area (Å²) in [5.74, 6) is 0.814. The summed E-state index contributed by atoms with van der Waals surface area (Å²) < 4.78 is 15.9. The Hall–Kier alpha value is -0.520. The van der Waals surface area contributed by atoms with Crippen LogP contribution in [-0.2, 0) is 0 Å². The molecule has 20 heavy (non-hydrogen) atoms. The summed E-state index contributed by atoms with van der Waals surface area (Å²) in [5.41, 5.74) is 2.08. The van der Waals surface area contributed by atoms with Gasteiger partial charge in [0.15, 0.2) is 0 Å². The maximum absolute atomic E-state index is 13.9. The van der Waals surface area contributed by atoms with Gasteiger partial charge >= 0.3 is 0 Å². The Morgan fingerprint density at radius 1 is 1.20 bits per heavy atom. The van der Waals surface area contributed by atoms with E-state index in [1.165, 1.54) is 6.07 Å². The molecule has 0 saturated heterocycles. The van der Waals surface area contributed by atoms with Crippen molar-refractivity contribution in [1.82, 2.24) is 0 Å². The van der Waals surface area contributed by atoms with Crippen molar-refractivity contribution in [3.63, 3.8) is 0 Å². The Bertz CT molecular complexity index is 648. The summed E-state index contributed by atoms with van der Waals surface area (Å²) in [6.07, 6.45) is 0.990. The molecule has 1 atom stereocenters. The van der Waals surface area contributed by atoms with Crippen LogP contribution in [0, 0.1) is 5.82 Å².